The van der Waals surface area contributed by atoms with Crippen molar-refractivity contribution in [2.75, 3.05) is 32.5 Å². The zero-order chi connectivity index (χ0) is 20.3. The topological polar surface area (TPSA) is 111 Å². The molecule has 3 aromatic rings. The molecule has 4 N–H and O–H groups in total. The summed E-state index contributed by atoms with van der Waals surface area (Å²) in [5.74, 6) is 1.51. The van der Waals surface area contributed by atoms with Crippen LogP contribution in [0.1, 0.15) is 17.0 Å². The third-order valence-corrected chi connectivity index (χ3v) is 5.30. The summed E-state index contributed by atoms with van der Waals surface area (Å²) in [7, 11) is 1.85. The van der Waals surface area contributed by atoms with Crippen LogP contribution in [-0.2, 0) is 13.0 Å². The van der Waals surface area contributed by atoms with Crippen LogP contribution in [0.25, 0.3) is 11.2 Å². The molecule has 3 rings (SSSR count). The number of nitrogens with zero attached hydrogens (tertiary/aromatic N) is 4. The maximum Gasteiger partial charge on any atom is 0.312 e. The van der Waals surface area contributed by atoms with Gasteiger partial charge in [-0.25, -0.2) is 4.98 Å². The lowest BCUT2D eigenvalue weighted by atomic mass is 10.1. The van der Waals surface area contributed by atoms with E-state index < -0.39 is 6.08 Å². The van der Waals surface area contributed by atoms with E-state index >= 15 is 0 Å². The molecule has 2 heterocycles. The van der Waals surface area contributed by atoms with E-state index in [4.69, 9.17) is 15.6 Å². The number of rotatable bonds is 8. The van der Waals surface area contributed by atoms with E-state index in [0.717, 1.165) is 26.3 Å². The molecule has 0 saturated heterocycles. The van der Waals surface area contributed by atoms with Crippen molar-refractivity contribution < 1.29 is 14.2 Å². The number of aromatic nitrogens is 4. The minimum Gasteiger partial charge on any atom is -0.491 e. The van der Waals surface area contributed by atoms with Gasteiger partial charge in [-0.2, -0.15) is 14.4 Å². The smallest absolute Gasteiger partial charge is 0.312 e. The van der Waals surface area contributed by atoms with Gasteiger partial charge in [-0.15, -0.1) is 0 Å². The van der Waals surface area contributed by atoms with Crippen LogP contribution in [0.4, 0.5) is 10.2 Å². The van der Waals surface area contributed by atoms with Crippen LogP contribution in [0.15, 0.2) is 12.1 Å². The molecule has 0 amide bonds. The zero-order valence-electron chi connectivity index (χ0n) is 15.7. The minimum absolute atomic E-state index is 0.0330. The van der Waals surface area contributed by atoms with Crippen LogP contribution >= 0.6 is 22.6 Å². The van der Waals surface area contributed by atoms with Crippen LogP contribution in [0, 0.1) is 16.6 Å². The lowest BCUT2D eigenvalue weighted by molar-refractivity contribution is 0.200. The first-order chi connectivity index (χ1) is 13.4. The Hall–Kier alpha value is -2.05. The number of hydrogen-bond donors (Lipinski definition) is 3. The number of hydrogen-bond acceptors (Lipinski definition) is 7. The summed E-state index contributed by atoms with van der Waals surface area (Å²) in [6.45, 7) is 3.42. The number of aliphatic hydroxyl groups excluding tert-OH is 1. The molecule has 0 aliphatic heterocycles. The van der Waals surface area contributed by atoms with E-state index in [-0.39, 0.29) is 19.0 Å². The van der Waals surface area contributed by atoms with Crippen molar-refractivity contribution in [3.63, 3.8) is 0 Å². The lowest BCUT2D eigenvalue weighted by Gasteiger charge is -2.13. The van der Waals surface area contributed by atoms with Gasteiger partial charge in [0.05, 0.1) is 6.61 Å². The molecule has 0 fully saturated rings. The Morgan fingerprint density at radius 2 is 2.11 bits per heavy atom. The maximum absolute atomic E-state index is 13.7. The van der Waals surface area contributed by atoms with E-state index in [9.17, 15) is 4.39 Å². The molecule has 0 radical (unpaired) electrons. The highest BCUT2D eigenvalue weighted by molar-refractivity contribution is 14.1. The highest BCUT2D eigenvalue weighted by Crippen LogP contribution is 2.27. The van der Waals surface area contributed by atoms with Crippen molar-refractivity contribution in [2.45, 2.75) is 19.9 Å². The second-order valence-electron chi connectivity index (χ2n) is 6.29. The van der Waals surface area contributed by atoms with Gasteiger partial charge in [0.1, 0.15) is 18.2 Å². The fourth-order valence-corrected chi connectivity index (χ4v) is 3.60. The second-order valence-corrected chi connectivity index (χ2v) is 7.45. The van der Waals surface area contributed by atoms with Gasteiger partial charge in [-0.05, 0) is 53.8 Å². The Morgan fingerprint density at radius 3 is 2.82 bits per heavy atom. The summed E-state index contributed by atoms with van der Waals surface area (Å²) in [6, 6.07) is 3.97. The first-order valence-corrected chi connectivity index (χ1v) is 9.87. The van der Waals surface area contributed by atoms with Crippen molar-refractivity contribution in [3.8, 4) is 5.75 Å². The van der Waals surface area contributed by atoms with Crippen molar-refractivity contribution in [1.82, 2.24) is 24.8 Å². The fourth-order valence-electron chi connectivity index (χ4n) is 2.97. The Kier molecular flexibility index (Phi) is 6.62. The molecule has 0 aliphatic rings. The molecule has 10 heteroatoms. The van der Waals surface area contributed by atoms with E-state index in [0.29, 0.717) is 30.7 Å². The molecular weight excluding hydrogens is 478 g/mol. The summed E-state index contributed by atoms with van der Waals surface area (Å²) in [6.07, 6.45) is -0.335. The predicted octanol–water partition coefficient (Wildman–Crippen LogP) is 1.64. The third-order valence-electron chi connectivity index (χ3n) is 4.30. The number of benzene rings is 1. The second kappa shape index (κ2) is 8.97. The number of aliphatic hydroxyl groups is 1. The number of anilines is 1. The SMILES string of the molecule is CNCCn1c(Cc2cc(C)c(OCCO)cc2I)nc2c(N)nc(F)nc21. The molecule has 150 valence electrons. The van der Waals surface area contributed by atoms with E-state index in [2.05, 4.69) is 42.9 Å². The lowest BCUT2D eigenvalue weighted by Crippen LogP contribution is -2.17. The van der Waals surface area contributed by atoms with Crippen LogP contribution in [0.5, 0.6) is 5.75 Å². The van der Waals surface area contributed by atoms with Gasteiger partial charge in [0, 0.05) is 23.1 Å². The molecule has 0 saturated carbocycles. The average molecular weight is 500 g/mol. The third kappa shape index (κ3) is 4.33. The molecule has 0 unspecified atom stereocenters. The van der Waals surface area contributed by atoms with Gasteiger partial charge in [0.25, 0.3) is 0 Å². The Bertz CT molecular complexity index is 994. The van der Waals surface area contributed by atoms with E-state index in [1.54, 1.807) is 0 Å². The van der Waals surface area contributed by atoms with Gasteiger partial charge in [0.15, 0.2) is 17.0 Å². The monoisotopic (exact) mass is 500 g/mol. The molecule has 0 aliphatic carbocycles. The normalized spacial score (nSPS) is 11.3. The highest BCUT2D eigenvalue weighted by Gasteiger charge is 2.18. The zero-order valence-corrected chi connectivity index (χ0v) is 17.8. The number of nitrogens with one attached hydrogen (secondary N) is 1. The van der Waals surface area contributed by atoms with Crippen molar-refractivity contribution in [2.24, 2.45) is 0 Å². The number of ether oxygens (including phenoxy) is 1. The molecule has 8 nitrogen and oxygen atoms in total. The molecule has 28 heavy (non-hydrogen) atoms. The van der Waals surface area contributed by atoms with E-state index in [1.165, 1.54) is 0 Å². The first-order valence-electron chi connectivity index (χ1n) is 8.80. The van der Waals surface area contributed by atoms with Gasteiger partial charge < -0.3 is 25.5 Å². The van der Waals surface area contributed by atoms with Crippen molar-refractivity contribution >= 4 is 39.6 Å². The first kappa shape index (κ1) is 20.7. The molecule has 1 aromatic carbocycles. The molecule has 0 atom stereocenters. The van der Waals surface area contributed by atoms with Crippen molar-refractivity contribution in [3.05, 3.63) is 38.7 Å². The number of halogens is 2. The standard InChI is InChI=1S/C18H22FIN6O2/c1-10-7-11(12(20)9-13(10)28-6-5-27)8-14-23-15-16(21)24-18(19)25-17(15)26(14)4-3-22-2/h7,9,22,27H,3-6,8H2,1-2H3,(H2,21,24,25). The van der Waals surface area contributed by atoms with Crippen LogP contribution in [-0.4, -0.2) is 51.4 Å². The number of nitrogen functional groups attached to an aromatic ring is 1. The van der Waals surface area contributed by atoms with Gasteiger partial charge in [-0.1, -0.05) is 6.07 Å². The van der Waals surface area contributed by atoms with Gasteiger partial charge in [-0.3, -0.25) is 0 Å². The molecule has 2 aromatic heterocycles. The largest absolute Gasteiger partial charge is 0.491 e. The fraction of sp³-hybridized carbons (Fsp3) is 0.389. The predicted molar refractivity (Wildman–Crippen MR) is 113 cm³/mol. The quantitative estimate of drug-likeness (QED) is 0.319. The number of aryl methyl sites for hydroxylation is 1. The van der Waals surface area contributed by atoms with Gasteiger partial charge in [0.2, 0.25) is 0 Å². The molecule has 0 spiro atoms. The van der Waals surface area contributed by atoms with Gasteiger partial charge >= 0.3 is 6.08 Å². The molecular formula is C18H22FIN6O2. The number of nitrogens with two attached hydrogens (primary N) is 1. The van der Waals surface area contributed by atoms with Crippen LogP contribution < -0.4 is 15.8 Å². The number of imidazole rings is 1. The summed E-state index contributed by atoms with van der Waals surface area (Å²) in [5.41, 5.74) is 8.68. The Balaban J connectivity index is 2.02. The maximum atomic E-state index is 13.7. The Labute approximate surface area is 175 Å². The van der Waals surface area contributed by atoms with Crippen molar-refractivity contribution in [1.29, 1.82) is 0 Å². The van der Waals surface area contributed by atoms with Crippen LogP contribution in [0.3, 0.4) is 0 Å². The highest BCUT2D eigenvalue weighted by atomic mass is 127. The minimum atomic E-state index is -0.863. The summed E-state index contributed by atoms with van der Waals surface area (Å²) in [4.78, 5) is 12.1. The number of likely N-dealkylation sites (N-methyl/N-ethyl adjacent to an activating group) is 1. The van der Waals surface area contributed by atoms with Crippen LogP contribution in [0.2, 0.25) is 0 Å². The Morgan fingerprint density at radius 1 is 1.32 bits per heavy atom. The molecule has 0 bridgehead atoms. The summed E-state index contributed by atoms with van der Waals surface area (Å²) < 4.78 is 22.2. The van der Waals surface area contributed by atoms with E-state index in [1.807, 2.05) is 30.7 Å². The summed E-state index contributed by atoms with van der Waals surface area (Å²) in [5, 5.41) is 12.0. The number of fused-ring (bicyclic) bond motifs is 1. The summed E-state index contributed by atoms with van der Waals surface area (Å²) >= 11 is 2.25. The average Bonchev–Trinajstić information content (AvgIpc) is 2.99.